The van der Waals surface area contributed by atoms with Crippen LogP contribution in [-0.2, 0) is 9.59 Å². The zero-order valence-corrected chi connectivity index (χ0v) is 8.52. The number of unbranched alkanes of at least 4 members (excludes halogenated alkanes) is 3. The van der Waals surface area contributed by atoms with E-state index in [1.54, 1.807) is 0 Å². The molecule has 0 aromatic rings. The Morgan fingerprint density at radius 1 is 0.500 bits per heavy atom. The predicted octanol–water partition coefficient (Wildman–Crippen LogP) is 2.84. The van der Waals surface area contributed by atoms with Gasteiger partial charge in [0.15, 0.2) is 0 Å². The van der Waals surface area contributed by atoms with E-state index in [0.717, 1.165) is 38.3 Å². The molecule has 0 N–H and O–H groups in total. The fourth-order valence-electron chi connectivity index (χ4n) is 0.992. The highest BCUT2D eigenvalue weighted by Gasteiger charge is 1.80. The molecule has 0 rings (SSSR count). The molecule has 2 heteroatoms. The van der Waals surface area contributed by atoms with Gasteiger partial charge < -0.3 is 9.59 Å². The molecule has 78 valence electrons. The van der Waals surface area contributed by atoms with Gasteiger partial charge in [-0.1, -0.05) is 24.3 Å². The van der Waals surface area contributed by atoms with Crippen LogP contribution < -0.4 is 0 Å². The lowest BCUT2D eigenvalue weighted by atomic mass is 10.2. The second kappa shape index (κ2) is 11.8. The first-order chi connectivity index (χ1) is 6.91. The number of allylic oxidation sites excluding steroid dienone is 4. The summed E-state index contributed by atoms with van der Waals surface area (Å²) in [4.78, 5) is 19.9. The Morgan fingerprint density at radius 3 is 1.07 bits per heavy atom. The third-order valence-electron chi connectivity index (χ3n) is 1.74. The molecule has 0 spiro atoms. The van der Waals surface area contributed by atoms with Crippen LogP contribution in [0, 0.1) is 0 Å². The molecule has 0 aliphatic carbocycles. The van der Waals surface area contributed by atoms with Crippen molar-refractivity contribution in [1.82, 2.24) is 0 Å². The molecule has 0 bridgehead atoms. The van der Waals surface area contributed by atoms with Gasteiger partial charge in [0.05, 0.1) is 0 Å². The number of hydrogen-bond acceptors (Lipinski definition) is 2. The van der Waals surface area contributed by atoms with Gasteiger partial charge in [0.25, 0.3) is 0 Å². The topological polar surface area (TPSA) is 34.1 Å². The lowest BCUT2D eigenvalue weighted by Crippen LogP contribution is -1.72. The van der Waals surface area contributed by atoms with Gasteiger partial charge >= 0.3 is 0 Å². The van der Waals surface area contributed by atoms with Crippen molar-refractivity contribution in [2.24, 2.45) is 0 Å². The van der Waals surface area contributed by atoms with Gasteiger partial charge in [0, 0.05) is 12.8 Å². The molecule has 0 aliphatic rings. The largest absolute Gasteiger partial charge is 0.303 e. The predicted molar refractivity (Wildman–Crippen MR) is 58.1 cm³/mol. The normalized spacial score (nSPS) is 11.1. The number of rotatable bonds is 9. The Morgan fingerprint density at radius 2 is 0.786 bits per heavy atom. The highest BCUT2D eigenvalue weighted by Crippen LogP contribution is 1.97. The third-order valence-corrected chi connectivity index (χ3v) is 1.74. The van der Waals surface area contributed by atoms with E-state index in [4.69, 9.17) is 0 Å². The van der Waals surface area contributed by atoms with Crippen molar-refractivity contribution < 1.29 is 9.59 Å². The summed E-state index contributed by atoms with van der Waals surface area (Å²) in [7, 11) is 0. The number of carbonyl (C=O) groups excluding carboxylic acids is 2. The first-order valence-corrected chi connectivity index (χ1v) is 5.09. The summed E-state index contributed by atoms with van der Waals surface area (Å²) in [6.45, 7) is 0. The summed E-state index contributed by atoms with van der Waals surface area (Å²) >= 11 is 0. The first-order valence-electron chi connectivity index (χ1n) is 5.09. The summed E-state index contributed by atoms with van der Waals surface area (Å²) < 4.78 is 0. The van der Waals surface area contributed by atoms with Gasteiger partial charge in [0.1, 0.15) is 12.6 Å². The Kier molecular flexibility index (Phi) is 10.8. The molecule has 0 aromatic carbocycles. The monoisotopic (exact) mass is 194 g/mol. The van der Waals surface area contributed by atoms with Gasteiger partial charge in [-0.25, -0.2) is 0 Å². The molecule has 0 fully saturated rings. The van der Waals surface area contributed by atoms with Gasteiger partial charge in [-0.15, -0.1) is 0 Å². The van der Waals surface area contributed by atoms with Crippen LogP contribution in [0.25, 0.3) is 0 Å². The summed E-state index contributed by atoms with van der Waals surface area (Å²) in [6.07, 6.45) is 15.1. The maximum atomic E-state index is 9.97. The lowest BCUT2D eigenvalue weighted by molar-refractivity contribution is -0.108. The molecule has 2 nitrogen and oxygen atoms in total. The molecule has 0 heterocycles. The maximum Gasteiger partial charge on any atom is 0.120 e. The molecule has 0 atom stereocenters. The minimum absolute atomic E-state index is 0.617. The summed E-state index contributed by atoms with van der Waals surface area (Å²) in [5.74, 6) is 0. The molecule has 0 saturated heterocycles. The van der Waals surface area contributed by atoms with Crippen molar-refractivity contribution in [3.8, 4) is 0 Å². The summed E-state index contributed by atoms with van der Waals surface area (Å²) in [5.41, 5.74) is 0. The third kappa shape index (κ3) is 10.8. The van der Waals surface area contributed by atoms with Gasteiger partial charge in [-0.05, 0) is 25.7 Å². The van der Waals surface area contributed by atoms with Crippen LogP contribution >= 0.6 is 0 Å². The number of carbonyl (C=O) groups is 2. The van der Waals surface area contributed by atoms with Crippen LogP contribution in [0.5, 0.6) is 0 Å². The maximum absolute atomic E-state index is 9.97. The van der Waals surface area contributed by atoms with E-state index in [0.29, 0.717) is 12.8 Å². The smallest absolute Gasteiger partial charge is 0.120 e. The van der Waals surface area contributed by atoms with Crippen LogP contribution in [0.15, 0.2) is 24.3 Å². The molecule has 0 amide bonds. The average molecular weight is 194 g/mol. The van der Waals surface area contributed by atoms with Gasteiger partial charge in [-0.2, -0.15) is 0 Å². The Labute approximate surface area is 85.7 Å². The second-order valence-corrected chi connectivity index (χ2v) is 3.01. The molecule has 0 saturated carbocycles. The minimum atomic E-state index is 0.617. The number of hydrogen-bond donors (Lipinski definition) is 0. The number of aldehydes is 2. The average Bonchev–Trinajstić information content (AvgIpc) is 2.21. The van der Waals surface area contributed by atoms with E-state index < -0.39 is 0 Å². The van der Waals surface area contributed by atoms with Crippen LogP contribution in [0.3, 0.4) is 0 Å². The molecule has 0 aliphatic heterocycles. The van der Waals surface area contributed by atoms with E-state index in [2.05, 4.69) is 12.2 Å². The summed E-state index contributed by atoms with van der Waals surface area (Å²) in [6, 6.07) is 0. The Balaban J connectivity index is 3.18. The molecule has 0 radical (unpaired) electrons. The van der Waals surface area contributed by atoms with E-state index in [1.807, 2.05) is 12.2 Å². The van der Waals surface area contributed by atoms with Gasteiger partial charge in [-0.3, -0.25) is 0 Å². The van der Waals surface area contributed by atoms with Crippen LogP contribution in [0.2, 0.25) is 0 Å². The van der Waals surface area contributed by atoms with E-state index >= 15 is 0 Å². The van der Waals surface area contributed by atoms with E-state index in [-0.39, 0.29) is 0 Å². The van der Waals surface area contributed by atoms with Crippen LogP contribution in [0.4, 0.5) is 0 Å². The van der Waals surface area contributed by atoms with Gasteiger partial charge in [0.2, 0.25) is 0 Å². The first kappa shape index (κ1) is 12.8. The zero-order chi connectivity index (χ0) is 10.5. The van der Waals surface area contributed by atoms with Crippen LogP contribution in [-0.4, -0.2) is 12.6 Å². The quantitative estimate of drug-likeness (QED) is 0.321. The zero-order valence-electron chi connectivity index (χ0n) is 8.52. The van der Waals surface area contributed by atoms with Crippen molar-refractivity contribution in [3.63, 3.8) is 0 Å². The SMILES string of the molecule is O=CCC/C=C\CC/C=C/CCC=O. The van der Waals surface area contributed by atoms with Crippen molar-refractivity contribution in [3.05, 3.63) is 24.3 Å². The van der Waals surface area contributed by atoms with E-state index in [1.165, 1.54) is 0 Å². The highest BCUT2D eigenvalue weighted by molar-refractivity contribution is 5.49. The molecule has 0 unspecified atom stereocenters. The lowest BCUT2D eigenvalue weighted by Gasteiger charge is -1.87. The molecule has 14 heavy (non-hydrogen) atoms. The Bertz CT molecular complexity index is 170. The van der Waals surface area contributed by atoms with Crippen molar-refractivity contribution in [2.45, 2.75) is 38.5 Å². The minimum Gasteiger partial charge on any atom is -0.303 e. The molecular weight excluding hydrogens is 176 g/mol. The fraction of sp³-hybridized carbons (Fsp3) is 0.500. The van der Waals surface area contributed by atoms with E-state index in [9.17, 15) is 9.59 Å². The van der Waals surface area contributed by atoms with Crippen molar-refractivity contribution in [2.75, 3.05) is 0 Å². The highest BCUT2D eigenvalue weighted by atomic mass is 16.1. The molecule has 0 aromatic heterocycles. The standard InChI is InChI=1S/C12H18O2/c13-11-9-7-5-3-1-2-4-6-8-10-12-14/h3-6,11-12H,1-2,7-10H2/b5-3-,6-4+. The van der Waals surface area contributed by atoms with Crippen molar-refractivity contribution in [1.29, 1.82) is 0 Å². The van der Waals surface area contributed by atoms with Crippen molar-refractivity contribution >= 4 is 12.6 Å². The second-order valence-electron chi connectivity index (χ2n) is 3.01. The Hall–Kier alpha value is -1.18. The van der Waals surface area contributed by atoms with Crippen LogP contribution in [0.1, 0.15) is 38.5 Å². The molecular formula is C12H18O2. The fourth-order valence-corrected chi connectivity index (χ4v) is 0.992. The summed E-state index contributed by atoms with van der Waals surface area (Å²) in [5, 5.41) is 0.